The third-order valence-electron chi connectivity index (χ3n) is 5.38. The number of carbonyl (C=O) groups is 2. The summed E-state index contributed by atoms with van der Waals surface area (Å²) in [6.45, 7) is 3.03. The summed E-state index contributed by atoms with van der Waals surface area (Å²) in [5.74, 6) is 0.826. The van der Waals surface area contributed by atoms with Crippen molar-refractivity contribution in [3.05, 3.63) is 89.2 Å². The molecule has 1 atom stereocenters. The second-order valence-electron chi connectivity index (χ2n) is 7.42. The van der Waals surface area contributed by atoms with Crippen LogP contribution in [0.5, 0.6) is 11.5 Å². The summed E-state index contributed by atoms with van der Waals surface area (Å²) in [7, 11) is 1.58. The van der Waals surface area contributed by atoms with Crippen LogP contribution < -0.4 is 14.8 Å². The first-order chi connectivity index (χ1) is 15.6. The van der Waals surface area contributed by atoms with Crippen LogP contribution in [0.2, 0.25) is 0 Å². The Bertz CT molecular complexity index is 1120. The fourth-order valence-corrected chi connectivity index (χ4v) is 3.89. The van der Waals surface area contributed by atoms with Crippen LogP contribution in [-0.4, -0.2) is 35.4 Å². The molecule has 2 heterocycles. The lowest BCUT2D eigenvalue weighted by Gasteiger charge is -2.25. The molecule has 0 unspecified atom stereocenters. The van der Waals surface area contributed by atoms with Gasteiger partial charge in [-0.05, 0) is 47.9 Å². The molecule has 0 aliphatic carbocycles. The number of fused-ring (bicyclic) bond motifs is 1. The number of rotatable bonds is 8. The van der Waals surface area contributed by atoms with Crippen LogP contribution >= 0.6 is 0 Å². The van der Waals surface area contributed by atoms with Gasteiger partial charge in [0.2, 0.25) is 5.91 Å². The van der Waals surface area contributed by atoms with Gasteiger partial charge >= 0.3 is 0 Å². The SMILES string of the molecule is CCOc1ccc(CN2C(=O)c3ccccc3[C@H]2C(=O)NCc2cccnc2)cc1OC. The lowest BCUT2D eigenvalue weighted by molar-refractivity contribution is -0.125. The zero-order valence-corrected chi connectivity index (χ0v) is 18.1. The Kier molecular flexibility index (Phi) is 6.35. The molecule has 0 fully saturated rings. The molecule has 1 aliphatic rings. The molecule has 0 saturated carbocycles. The first kappa shape index (κ1) is 21.4. The van der Waals surface area contributed by atoms with Gasteiger partial charge in [0, 0.05) is 31.0 Å². The average molecular weight is 431 g/mol. The molecule has 1 N–H and O–H groups in total. The highest BCUT2D eigenvalue weighted by atomic mass is 16.5. The van der Waals surface area contributed by atoms with Gasteiger partial charge in [0.05, 0.1) is 13.7 Å². The standard InChI is InChI=1S/C25H25N3O4/c1-3-32-21-11-10-17(13-22(21)31-2)16-28-23(19-8-4-5-9-20(19)25(28)30)24(29)27-15-18-7-6-12-26-14-18/h4-14,23H,3,15-16H2,1-2H3,(H,27,29)/t23-/m0/s1. The largest absolute Gasteiger partial charge is 0.493 e. The number of nitrogens with zero attached hydrogens (tertiary/aromatic N) is 2. The van der Waals surface area contributed by atoms with Crippen LogP contribution in [0.3, 0.4) is 0 Å². The number of benzene rings is 2. The van der Waals surface area contributed by atoms with E-state index < -0.39 is 6.04 Å². The first-order valence-electron chi connectivity index (χ1n) is 10.5. The molecule has 164 valence electrons. The van der Waals surface area contributed by atoms with E-state index >= 15 is 0 Å². The zero-order valence-electron chi connectivity index (χ0n) is 18.1. The third-order valence-corrected chi connectivity index (χ3v) is 5.38. The number of ether oxygens (including phenoxy) is 2. The summed E-state index contributed by atoms with van der Waals surface area (Å²) in [4.78, 5) is 32.1. The number of hydrogen-bond donors (Lipinski definition) is 1. The van der Waals surface area contributed by atoms with Crippen LogP contribution in [0.1, 0.15) is 40.0 Å². The fourth-order valence-electron chi connectivity index (χ4n) is 3.89. The van der Waals surface area contributed by atoms with Crippen molar-refractivity contribution in [1.29, 1.82) is 0 Å². The number of carbonyl (C=O) groups excluding carboxylic acids is 2. The molecule has 2 aromatic carbocycles. The van der Waals surface area contributed by atoms with Gasteiger partial charge in [0.15, 0.2) is 11.5 Å². The number of nitrogens with one attached hydrogen (secondary N) is 1. The lowest BCUT2D eigenvalue weighted by Crippen LogP contribution is -2.38. The summed E-state index contributed by atoms with van der Waals surface area (Å²) in [6.07, 6.45) is 3.39. The summed E-state index contributed by atoms with van der Waals surface area (Å²) in [5, 5.41) is 2.95. The molecule has 1 aromatic heterocycles. The molecule has 7 nitrogen and oxygen atoms in total. The smallest absolute Gasteiger partial charge is 0.255 e. The van der Waals surface area contributed by atoms with Crippen molar-refractivity contribution in [2.45, 2.75) is 26.1 Å². The van der Waals surface area contributed by atoms with Crippen LogP contribution in [-0.2, 0) is 17.9 Å². The van der Waals surface area contributed by atoms with Crippen molar-refractivity contribution in [3.63, 3.8) is 0 Å². The predicted molar refractivity (Wildman–Crippen MR) is 119 cm³/mol. The topological polar surface area (TPSA) is 80.8 Å². The molecular weight excluding hydrogens is 406 g/mol. The van der Waals surface area contributed by atoms with Gasteiger partial charge < -0.3 is 19.7 Å². The fraction of sp³-hybridized carbons (Fsp3) is 0.240. The van der Waals surface area contributed by atoms with E-state index in [4.69, 9.17) is 9.47 Å². The second-order valence-corrected chi connectivity index (χ2v) is 7.42. The number of amides is 2. The van der Waals surface area contributed by atoms with E-state index in [0.29, 0.717) is 35.8 Å². The summed E-state index contributed by atoms with van der Waals surface area (Å²) in [6, 6.07) is 15.8. The Balaban J connectivity index is 1.59. The molecule has 0 saturated heterocycles. The van der Waals surface area contributed by atoms with Gasteiger partial charge in [-0.3, -0.25) is 14.6 Å². The minimum atomic E-state index is -0.715. The minimum absolute atomic E-state index is 0.171. The summed E-state index contributed by atoms with van der Waals surface area (Å²) in [5.41, 5.74) is 2.99. The Hall–Kier alpha value is -3.87. The Morgan fingerprint density at radius 2 is 1.94 bits per heavy atom. The van der Waals surface area contributed by atoms with Crippen LogP contribution in [0.25, 0.3) is 0 Å². The molecule has 32 heavy (non-hydrogen) atoms. The van der Waals surface area contributed by atoms with E-state index in [0.717, 1.165) is 11.1 Å². The van der Waals surface area contributed by atoms with E-state index in [-0.39, 0.29) is 18.4 Å². The monoisotopic (exact) mass is 431 g/mol. The molecule has 7 heteroatoms. The number of pyridine rings is 1. The zero-order chi connectivity index (χ0) is 22.5. The van der Waals surface area contributed by atoms with E-state index in [1.807, 2.05) is 55.5 Å². The van der Waals surface area contributed by atoms with Crippen molar-refractivity contribution < 1.29 is 19.1 Å². The maximum absolute atomic E-state index is 13.2. The maximum Gasteiger partial charge on any atom is 0.255 e. The second kappa shape index (κ2) is 9.51. The quantitative estimate of drug-likeness (QED) is 0.590. The molecule has 1 aliphatic heterocycles. The summed E-state index contributed by atoms with van der Waals surface area (Å²) >= 11 is 0. The molecule has 0 spiro atoms. The Labute approximate surface area is 187 Å². The van der Waals surface area contributed by atoms with Crippen molar-refractivity contribution in [1.82, 2.24) is 15.2 Å². The molecular formula is C25H25N3O4. The van der Waals surface area contributed by atoms with Gasteiger partial charge in [-0.15, -0.1) is 0 Å². The first-order valence-corrected chi connectivity index (χ1v) is 10.5. The van der Waals surface area contributed by atoms with Gasteiger partial charge in [-0.2, -0.15) is 0 Å². The van der Waals surface area contributed by atoms with Gasteiger partial charge in [-0.25, -0.2) is 0 Å². The van der Waals surface area contributed by atoms with Crippen molar-refractivity contribution >= 4 is 11.8 Å². The Morgan fingerprint density at radius 1 is 1.09 bits per heavy atom. The van der Waals surface area contributed by atoms with Crippen molar-refractivity contribution in [2.24, 2.45) is 0 Å². The lowest BCUT2D eigenvalue weighted by atomic mass is 10.0. The summed E-state index contributed by atoms with van der Waals surface area (Å²) < 4.78 is 11.0. The van der Waals surface area contributed by atoms with Crippen LogP contribution in [0, 0.1) is 0 Å². The predicted octanol–water partition coefficient (Wildman–Crippen LogP) is 3.50. The number of hydrogen-bond acceptors (Lipinski definition) is 5. The van der Waals surface area contributed by atoms with E-state index in [1.54, 1.807) is 30.5 Å². The van der Waals surface area contributed by atoms with Crippen LogP contribution in [0.15, 0.2) is 67.0 Å². The van der Waals surface area contributed by atoms with Gasteiger partial charge in [0.1, 0.15) is 6.04 Å². The van der Waals surface area contributed by atoms with E-state index in [9.17, 15) is 9.59 Å². The maximum atomic E-state index is 13.2. The van der Waals surface area contributed by atoms with E-state index in [2.05, 4.69) is 10.3 Å². The molecule has 0 bridgehead atoms. The minimum Gasteiger partial charge on any atom is -0.493 e. The highest BCUT2D eigenvalue weighted by Crippen LogP contribution is 2.36. The van der Waals surface area contributed by atoms with Crippen molar-refractivity contribution in [2.75, 3.05) is 13.7 Å². The molecule has 3 aromatic rings. The third kappa shape index (κ3) is 4.27. The normalized spacial score (nSPS) is 14.8. The van der Waals surface area contributed by atoms with Gasteiger partial charge in [-0.1, -0.05) is 30.3 Å². The average Bonchev–Trinajstić information content (AvgIpc) is 3.11. The highest BCUT2D eigenvalue weighted by molar-refractivity contribution is 6.04. The number of methoxy groups -OCH3 is 1. The van der Waals surface area contributed by atoms with Gasteiger partial charge in [0.25, 0.3) is 5.91 Å². The van der Waals surface area contributed by atoms with E-state index in [1.165, 1.54) is 0 Å². The van der Waals surface area contributed by atoms with Crippen LogP contribution in [0.4, 0.5) is 0 Å². The molecule has 0 radical (unpaired) electrons. The molecule has 4 rings (SSSR count). The highest BCUT2D eigenvalue weighted by Gasteiger charge is 2.40. The number of aromatic nitrogens is 1. The Morgan fingerprint density at radius 3 is 2.69 bits per heavy atom. The van der Waals surface area contributed by atoms with Crippen molar-refractivity contribution in [3.8, 4) is 11.5 Å². The molecule has 2 amide bonds.